The van der Waals surface area contributed by atoms with E-state index in [0.29, 0.717) is 11.6 Å². The first-order valence-corrected chi connectivity index (χ1v) is 9.43. The number of benzene rings is 1. The zero-order valence-corrected chi connectivity index (χ0v) is 16.9. The van der Waals surface area contributed by atoms with Crippen molar-refractivity contribution in [3.05, 3.63) is 70.8 Å². The van der Waals surface area contributed by atoms with Crippen LogP contribution in [0, 0.1) is 27.7 Å². The Labute approximate surface area is 168 Å². The number of hydrogen-bond acceptors (Lipinski definition) is 5. The predicted octanol–water partition coefficient (Wildman–Crippen LogP) is 3.60. The van der Waals surface area contributed by atoms with Gasteiger partial charge in [0.15, 0.2) is 5.82 Å². The van der Waals surface area contributed by atoms with E-state index in [2.05, 4.69) is 25.4 Å². The highest BCUT2D eigenvalue weighted by atomic mass is 16.1. The molecule has 29 heavy (non-hydrogen) atoms. The Bertz CT molecular complexity index is 1190. The van der Waals surface area contributed by atoms with E-state index in [0.717, 1.165) is 39.3 Å². The van der Waals surface area contributed by atoms with Crippen molar-refractivity contribution in [2.75, 3.05) is 5.32 Å². The normalized spacial score (nSPS) is 11.0. The first-order valence-electron chi connectivity index (χ1n) is 9.43. The van der Waals surface area contributed by atoms with Crippen LogP contribution in [0.25, 0.3) is 17.2 Å². The Morgan fingerprint density at radius 2 is 1.79 bits per heavy atom. The second-order valence-electron chi connectivity index (χ2n) is 7.14. The number of fused-ring (bicyclic) bond motifs is 1. The molecule has 0 aliphatic heterocycles. The summed E-state index contributed by atoms with van der Waals surface area (Å²) in [4.78, 5) is 26.0. The molecule has 7 nitrogen and oxygen atoms in total. The molecule has 1 N–H and O–H groups in total. The molecule has 0 aliphatic carbocycles. The number of para-hydroxylation sites is 1. The summed E-state index contributed by atoms with van der Waals surface area (Å²) >= 11 is 0. The molecule has 0 atom stereocenters. The van der Waals surface area contributed by atoms with Crippen molar-refractivity contribution in [1.29, 1.82) is 0 Å². The van der Waals surface area contributed by atoms with Crippen molar-refractivity contribution >= 4 is 17.4 Å². The molecule has 1 amide bonds. The summed E-state index contributed by atoms with van der Waals surface area (Å²) in [5.74, 6) is 0.991. The van der Waals surface area contributed by atoms with Crippen LogP contribution in [0.2, 0.25) is 0 Å². The van der Waals surface area contributed by atoms with Gasteiger partial charge in [-0.15, -0.1) is 5.10 Å². The number of aromatic nitrogens is 5. The van der Waals surface area contributed by atoms with E-state index in [9.17, 15) is 4.79 Å². The van der Waals surface area contributed by atoms with Gasteiger partial charge in [-0.25, -0.2) is 9.50 Å². The first-order chi connectivity index (χ1) is 13.9. The molecule has 0 fully saturated rings. The van der Waals surface area contributed by atoms with Gasteiger partial charge in [0.1, 0.15) is 0 Å². The molecule has 4 aromatic rings. The van der Waals surface area contributed by atoms with E-state index >= 15 is 0 Å². The molecule has 3 heterocycles. The average molecular weight is 386 g/mol. The summed E-state index contributed by atoms with van der Waals surface area (Å²) in [5.41, 5.74) is 6.24. The molecular weight excluding hydrogens is 364 g/mol. The Hall–Kier alpha value is -3.61. The molecule has 0 aliphatic rings. The maximum absolute atomic E-state index is 12.8. The zero-order chi connectivity index (χ0) is 20.5. The lowest BCUT2D eigenvalue weighted by atomic mass is 10.1. The Kier molecular flexibility index (Phi) is 4.80. The van der Waals surface area contributed by atoms with Crippen LogP contribution < -0.4 is 5.32 Å². The highest BCUT2D eigenvalue weighted by molar-refractivity contribution is 5.94. The fraction of sp³-hybridized carbons (Fsp3) is 0.227. The number of nitrogens with one attached hydrogen (secondary N) is 1. The molecule has 0 saturated carbocycles. The average Bonchev–Trinajstić information content (AvgIpc) is 3.13. The fourth-order valence-electron chi connectivity index (χ4n) is 3.44. The summed E-state index contributed by atoms with van der Waals surface area (Å²) < 4.78 is 1.69. The second kappa shape index (κ2) is 7.43. The topological polar surface area (TPSA) is 85.1 Å². The number of carbonyl (C=O) groups excluding carboxylic acids is 1. The van der Waals surface area contributed by atoms with Gasteiger partial charge in [0, 0.05) is 40.6 Å². The molecule has 0 bridgehead atoms. The lowest BCUT2D eigenvalue weighted by Crippen LogP contribution is -2.19. The minimum atomic E-state index is -0.0812. The second-order valence-corrected chi connectivity index (χ2v) is 7.14. The fourth-order valence-corrected chi connectivity index (χ4v) is 3.44. The standard InChI is InChI=1S/C22H22N6O/c1-13-7-5-8-14(2)20(13)25-19(29)11-18-15(3)24-22-26-21(27-28(22)16(18)4)17-9-6-10-23-12-17/h5-10,12H,11H2,1-4H3,(H,25,29). The smallest absolute Gasteiger partial charge is 0.253 e. The third kappa shape index (κ3) is 3.59. The zero-order valence-electron chi connectivity index (χ0n) is 16.9. The number of hydrogen-bond donors (Lipinski definition) is 1. The molecule has 0 unspecified atom stereocenters. The van der Waals surface area contributed by atoms with Crippen molar-refractivity contribution in [3.8, 4) is 11.4 Å². The maximum atomic E-state index is 12.8. The summed E-state index contributed by atoms with van der Waals surface area (Å²) in [5, 5.41) is 7.62. The molecule has 7 heteroatoms. The van der Waals surface area contributed by atoms with Gasteiger partial charge in [-0.3, -0.25) is 9.78 Å². The largest absolute Gasteiger partial charge is 0.325 e. The van der Waals surface area contributed by atoms with Gasteiger partial charge in [0.05, 0.1) is 6.42 Å². The summed E-state index contributed by atoms with van der Waals surface area (Å²) in [7, 11) is 0. The lowest BCUT2D eigenvalue weighted by Gasteiger charge is -2.13. The van der Waals surface area contributed by atoms with Gasteiger partial charge in [-0.2, -0.15) is 4.98 Å². The van der Waals surface area contributed by atoms with Crippen LogP contribution in [-0.2, 0) is 11.2 Å². The SMILES string of the molecule is Cc1cccc(C)c1NC(=O)Cc1c(C)nc2nc(-c3cccnc3)nn2c1C. The van der Waals surface area contributed by atoms with Crippen molar-refractivity contribution in [1.82, 2.24) is 24.6 Å². The van der Waals surface area contributed by atoms with Gasteiger partial charge < -0.3 is 5.32 Å². The van der Waals surface area contributed by atoms with Gasteiger partial charge in [0.2, 0.25) is 5.91 Å². The van der Waals surface area contributed by atoms with Gasteiger partial charge in [-0.1, -0.05) is 18.2 Å². The highest BCUT2D eigenvalue weighted by Crippen LogP contribution is 2.22. The highest BCUT2D eigenvalue weighted by Gasteiger charge is 2.17. The van der Waals surface area contributed by atoms with Gasteiger partial charge in [0.25, 0.3) is 5.78 Å². The number of carbonyl (C=O) groups is 1. The van der Waals surface area contributed by atoms with E-state index in [1.807, 2.05) is 58.0 Å². The Morgan fingerprint density at radius 1 is 1.03 bits per heavy atom. The van der Waals surface area contributed by atoms with Crippen LogP contribution in [0.4, 0.5) is 5.69 Å². The van der Waals surface area contributed by atoms with Crippen LogP contribution in [-0.4, -0.2) is 30.5 Å². The van der Waals surface area contributed by atoms with E-state index < -0.39 is 0 Å². The number of rotatable bonds is 4. The molecule has 3 aromatic heterocycles. The van der Waals surface area contributed by atoms with Crippen molar-refractivity contribution in [2.45, 2.75) is 34.1 Å². The molecule has 1 aromatic carbocycles. The van der Waals surface area contributed by atoms with Crippen molar-refractivity contribution in [3.63, 3.8) is 0 Å². The minimum Gasteiger partial charge on any atom is -0.325 e. The molecule has 0 radical (unpaired) electrons. The minimum absolute atomic E-state index is 0.0812. The summed E-state index contributed by atoms with van der Waals surface area (Å²) in [6.45, 7) is 7.81. The van der Waals surface area contributed by atoms with E-state index in [1.54, 1.807) is 16.9 Å². The molecule has 0 spiro atoms. The van der Waals surface area contributed by atoms with Crippen LogP contribution in [0.3, 0.4) is 0 Å². The maximum Gasteiger partial charge on any atom is 0.253 e. The number of amides is 1. The van der Waals surface area contributed by atoms with Crippen molar-refractivity contribution in [2.24, 2.45) is 0 Å². The van der Waals surface area contributed by atoms with Gasteiger partial charge >= 0.3 is 0 Å². The predicted molar refractivity (Wildman–Crippen MR) is 112 cm³/mol. The third-order valence-corrected chi connectivity index (χ3v) is 5.05. The van der Waals surface area contributed by atoms with Crippen LogP contribution in [0.15, 0.2) is 42.7 Å². The van der Waals surface area contributed by atoms with E-state index in [-0.39, 0.29) is 12.3 Å². The first kappa shape index (κ1) is 18.7. The molecule has 146 valence electrons. The number of pyridine rings is 1. The quantitative estimate of drug-likeness (QED) is 0.579. The Balaban J connectivity index is 1.66. The van der Waals surface area contributed by atoms with Crippen LogP contribution in [0.5, 0.6) is 0 Å². The van der Waals surface area contributed by atoms with Gasteiger partial charge in [-0.05, 0) is 51.0 Å². The van der Waals surface area contributed by atoms with E-state index in [4.69, 9.17) is 0 Å². The Morgan fingerprint density at radius 3 is 2.48 bits per heavy atom. The number of nitrogens with zero attached hydrogens (tertiary/aromatic N) is 5. The number of aryl methyl sites for hydroxylation is 4. The summed E-state index contributed by atoms with van der Waals surface area (Å²) in [6, 6.07) is 9.71. The molecule has 4 rings (SSSR count). The van der Waals surface area contributed by atoms with E-state index in [1.165, 1.54) is 0 Å². The number of anilines is 1. The van der Waals surface area contributed by atoms with Crippen LogP contribution in [0.1, 0.15) is 28.1 Å². The lowest BCUT2D eigenvalue weighted by molar-refractivity contribution is -0.115. The summed E-state index contributed by atoms with van der Waals surface area (Å²) in [6.07, 6.45) is 3.64. The van der Waals surface area contributed by atoms with Crippen molar-refractivity contribution < 1.29 is 4.79 Å². The molecular formula is C22H22N6O. The van der Waals surface area contributed by atoms with Crippen LogP contribution >= 0.6 is 0 Å². The third-order valence-electron chi connectivity index (χ3n) is 5.05. The molecule has 0 saturated heterocycles. The monoisotopic (exact) mass is 386 g/mol.